The van der Waals surface area contributed by atoms with Crippen molar-refractivity contribution in [3.05, 3.63) is 84.4 Å². The van der Waals surface area contributed by atoms with Crippen molar-refractivity contribution in [2.75, 3.05) is 16.7 Å². The quantitative estimate of drug-likeness (QED) is 0.602. The van der Waals surface area contributed by atoms with Crippen molar-refractivity contribution in [2.24, 2.45) is 5.14 Å². The summed E-state index contributed by atoms with van der Waals surface area (Å²) >= 11 is 0. The molecule has 0 fully saturated rings. The lowest BCUT2D eigenvalue weighted by Gasteiger charge is -2.19. The van der Waals surface area contributed by atoms with E-state index >= 15 is 0 Å². The normalized spacial score (nSPS) is 11.7. The van der Waals surface area contributed by atoms with Gasteiger partial charge in [0.1, 0.15) is 0 Å². The van der Waals surface area contributed by atoms with Crippen molar-refractivity contribution in [3.63, 3.8) is 0 Å². The van der Waals surface area contributed by atoms with Gasteiger partial charge in [-0.15, -0.1) is 0 Å². The fourth-order valence-corrected chi connectivity index (χ4v) is 4.36. The molecule has 10 heteroatoms. The van der Waals surface area contributed by atoms with Crippen LogP contribution < -0.4 is 14.8 Å². The lowest BCUT2D eigenvalue weighted by Crippen LogP contribution is -2.26. The van der Waals surface area contributed by atoms with Gasteiger partial charge >= 0.3 is 0 Å². The number of nitrogens with zero attached hydrogens (tertiary/aromatic N) is 1. The number of sulfonamides is 2. The Morgan fingerprint density at radius 1 is 0.800 bits per heavy atom. The van der Waals surface area contributed by atoms with E-state index in [0.717, 1.165) is 4.31 Å². The number of amides is 1. The zero-order valence-electron chi connectivity index (χ0n) is 15.9. The van der Waals surface area contributed by atoms with Crippen LogP contribution in [0.15, 0.2) is 88.7 Å². The molecule has 0 bridgehead atoms. The first-order chi connectivity index (χ1) is 14.1. The fourth-order valence-electron chi connectivity index (χ4n) is 2.64. The summed E-state index contributed by atoms with van der Waals surface area (Å²) in [5.41, 5.74) is 1.13. The molecule has 0 aliphatic carbocycles. The van der Waals surface area contributed by atoms with Crippen molar-refractivity contribution in [2.45, 2.75) is 9.79 Å². The Morgan fingerprint density at radius 2 is 1.33 bits per heavy atom. The van der Waals surface area contributed by atoms with E-state index in [1.165, 1.54) is 55.6 Å². The Hall–Kier alpha value is -3.21. The molecule has 3 N–H and O–H groups in total. The highest BCUT2D eigenvalue weighted by Crippen LogP contribution is 2.22. The third-order valence-electron chi connectivity index (χ3n) is 4.34. The molecule has 0 unspecified atom stereocenters. The Balaban J connectivity index is 1.75. The van der Waals surface area contributed by atoms with E-state index in [-0.39, 0.29) is 15.4 Å². The highest BCUT2D eigenvalue weighted by Gasteiger charge is 2.21. The van der Waals surface area contributed by atoms with Gasteiger partial charge in [-0.3, -0.25) is 9.10 Å². The number of rotatable bonds is 6. The Morgan fingerprint density at radius 3 is 1.87 bits per heavy atom. The second-order valence-electron chi connectivity index (χ2n) is 6.36. The van der Waals surface area contributed by atoms with Crippen LogP contribution in [-0.4, -0.2) is 29.8 Å². The minimum absolute atomic E-state index is 0.0444. The van der Waals surface area contributed by atoms with E-state index in [0.29, 0.717) is 11.4 Å². The number of primary sulfonamides is 1. The topological polar surface area (TPSA) is 127 Å². The maximum atomic E-state index is 12.8. The van der Waals surface area contributed by atoms with Crippen molar-refractivity contribution in [3.8, 4) is 0 Å². The number of nitrogens with two attached hydrogens (primary N) is 1. The summed E-state index contributed by atoms with van der Waals surface area (Å²) in [6.45, 7) is 0. The molecule has 3 rings (SSSR count). The standard InChI is InChI=1S/C20H19N3O5S2/c1-23(17-5-3-2-4-6-17)30(27,28)19-11-7-15(8-12-19)20(24)22-16-9-13-18(14-10-16)29(21,25)26/h2-14H,1H3,(H,22,24)(H2,21,25,26). The number of carbonyl (C=O) groups is 1. The largest absolute Gasteiger partial charge is 0.322 e. The van der Waals surface area contributed by atoms with Crippen LogP contribution in [0.25, 0.3) is 0 Å². The van der Waals surface area contributed by atoms with E-state index < -0.39 is 26.0 Å². The number of nitrogens with one attached hydrogen (secondary N) is 1. The van der Waals surface area contributed by atoms with E-state index in [1.54, 1.807) is 30.3 Å². The van der Waals surface area contributed by atoms with Crippen molar-refractivity contribution in [1.82, 2.24) is 0 Å². The fraction of sp³-hybridized carbons (Fsp3) is 0.0500. The van der Waals surface area contributed by atoms with Gasteiger partial charge in [-0.1, -0.05) is 18.2 Å². The van der Waals surface area contributed by atoms with E-state index in [4.69, 9.17) is 5.14 Å². The van der Waals surface area contributed by atoms with Gasteiger partial charge in [0, 0.05) is 18.3 Å². The van der Waals surface area contributed by atoms with Gasteiger partial charge in [0.05, 0.1) is 15.5 Å². The predicted molar refractivity (Wildman–Crippen MR) is 114 cm³/mol. The number of anilines is 2. The van der Waals surface area contributed by atoms with Crippen molar-refractivity contribution in [1.29, 1.82) is 0 Å². The SMILES string of the molecule is CN(c1ccccc1)S(=O)(=O)c1ccc(C(=O)Nc2ccc(S(N)(=O)=O)cc2)cc1. The third kappa shape index (κ3) is 4.67. The van der Waals surface area contributed by atoms with Crippen LogP contribution in [0.1, 0.15) is 10.4 Å². The van der Waals surface area contributed by atoms with Crippen LogP contribution in [0.4, 0.5) is 11.4 Å². The molecule has 0 heterocycles. The molecule has 0 aromatic heterocycles. The smallest absolute Gasteiger partial charge is 0.264 e. The third-order valence-corrected chi connectivity index (χ3v) is 7.06. The van der Waals surface area contributed by atoms with Gasteiger partial charge in [0.25, 0.3) is 15.9 Å². The minimum atomic E-state index is -3.82. The van der Waals surface area contributed by atoms with Crippen LogP contribution >= 0.6 is 0 Å². The van der Waals surface area contributed by atoms with Crippen LogP contribution in [0, 0.1) is 0 Å². The molecule has 0 aliphatic heterocycles. The monoisotopic (exact) mass is 445 g/mol. The minimum Gasteiger partial charge on any atom is -0.322 e. The molecule has 0 atom stereocenters. The van der Waals surface area contributed by atoms with E-state index in [9.17, 15) is 21.6 Å². The molecular weight excluding hydrogens is 426 g/mol. The van der Waals surface area contributed by atoms with Crippen molar-refractivity contribution < 1.29 is 21.6 Å². The lowest BCUT2D eigenvalue weighted by atomic mass is 10.2. The van der Waals surface area contributed by atoms with Crippen LogP contribution in [-0.2, 0) is 20.0 Å². The first-order valence-corrected chi connectivity index (χ1v) is 11.7. The number of hydrogen-bond acceptors (Lipinski definition) is 5. The Bertz CT molecular complexity index is 1260. The second kappa shape index (κ2) is 8.27. The van der Waals surface area contributed by atoms with E-state index in [1.807, 2.05) is 0 Å². The highest BCUT2D eigenvalue weighted by atomic mass is 32.2. The molecule has 8 nitrogen and oxygen atoms in total. The van der Waals surface area contributed by atoms with E-state index in [2.05, 4.69) is 5.32 Å². The molecule has 156 valence electrons. The molecule has 0 radical (unpaired) electrons. The summed E-state index contributed by atoms with van der Waals surface area (Å²) in [5.74, 6) is -0.473. The average molecular weight is 446 g/mol. The molecular formula is C20H19N3O5S2. The summed E-state index contributed by atoms with van der Waals surface area (Å²) in [6.07, 6.45) is 0. The number of hydrogen-bond donors (Lipinski definition) is 2. The summed E-state index contributed by atoms with van der Waals surface area (Å²) in [5, 5.41) is 7.65. The highest BCUT2D eigenvalue weighted by molar-refractivity contribution is 7.92. The number of carbonyl (C=O) groups excluding carboxylic acids is 1. The maximum Gasteiger partial charge on any atom is 0.264 e. The zero-order chi connectivity index (χ0) is 21.9. The van der Waals surface area contributed by atoms with Crippen LogP contribution in [0.2, 0.25) is 0 Å². The molecule has 0 aliphatic rings. The first-order valence-electron chi connectivity index (χ1n) is 8.67. The summed E-state index contributed by atoms with van der Waals surface area (Å²) in [7, 11) is -6.14. The zero-order valence-corrected chi connectivity index (χ0v) is 17.5. The molecule has 0 saturated carbocycles. The number of benzene rings is 3. The van der Waals surface area contributed by atoms with Gasteiger partial charge in [-0.05, 0) is 60.7 Å². The van der Waals surface area contributed by atoms with Gasteiger partial charge in [0.15, 0.2) is 0 Å². The van der Waals surface area contributed by atoms with Crippen LogP contribution in [0.3, 0.4) is 0 Å². The Kier molecular flexibility index (Phi) is 5.92. The molecule has 0 saturated heterocycles. The predicted octanol–water partition coefficient (Wildman–Crippen LogP) is 2.41. The number of para-hydroxylation sites is 1. The molecule has 3 aromatic carbocycles. The maximum absolute atomic E-state index is 12.8. The molecule has 1 amide bonds. The van der Waals surface area contributed by atoms with Gasteiger partial charge in [0.2, 0.25) is 10.0 Å². The van der Waals surface area contributed by atoms with Gasteiger partial charge in [-0.25, -0.2) is 22.0 Å². The summed E-state index contributed by atoms with van der Waals surface area (Å²) in [6, 6.07) is 19.5. The Labute approximate surface area is 175 Å². The summed E-state index contributed by atoms with van der Waals surface area (Å²) in [4.78, 5) is 12.4. The van der Waals surface area contributed by atoms with Crippen LogP contribution in [0.5, 0.6) is 0 Å². The molecule has 3 aromatic rings. The van der Waals surface area contributed by atoms with Gasteiger partial charge < -0.3 is 5.32 Å². The van der Waals surface area contributed by atoms with Crippen molar-refractivity contribution >= 4 is 37.3 Å². The van der Waals surface area contributed by atoms with Gasteiger partial charge in [-0.2, -0.15) is 0 Å². The summed E-state index contributed by atoms with van der Waals surface area (Å²) < 4.78 is 49.3. The second-order valence-corrected chi connectivity index (χ2v) is 9.89. The molecule has 0 spiro atoms. The molecule has 30 heavy (non-hydrogen) atoms. The lowest BCUT2D eigenvalue weighted by molar-refractivity contribution is 0.102. The first kappa shape index (κ1) is 21.5. The average Bonchev–Trinajstić information content (AvgIpc) is 2.73.